The Balaban J connectivity index is 1.80. The Kier molecular flexibility index (Phi) is 10.3. The number of β-lactam (4-membered cyclic amide) rings is 1. The molecule has 1 aromatic rings. The number of amides is 1. The second kappa shape index (κ2) is 13.1. The molecule has 2 heterocycles. The highest BCUT2D eigenvalue weighted by Gasteiger charge is 2.61. The highest BCUT2D eigenvalue weighted by molar-refractivity contribution is 7.87. The van der Waals surface area contributed by atoms with Gasteiger partial charge in [-0.15, -0.1) is 6.58 Å². The minimum absolute atomic E-state index is 0.0195. The fraction of sp³-hybridized carbons (Fsp3) is 0.464. The zero-order valence-corrected chi connectivity index (χ0v) is 24.1. The van der Waals surface area contributed by atoms with E-state index in [9.17, 15) is 36.0 Å². The highest BCUT2D eigenvalue weighted by atomic mass is 32.2. The number of carbonyl (C=O) groups is 3. The van der Waals surface area contributed by atoms with Crippen molar-refractivity contribution in [3.05, 3.63) is 65.9 Å². The van der Waals surface area contributed by atoms with Crippen LogP contribution in [0.5, 0.6) is 5.75 Å². The normalized spacial score (nSPS) is 20.9. The van der Waals surface area contributed by atoms with Crippen molar-refractivity contribution in [2.75, 3.05) is 19.8 Å². The molecule has 0 N–H and O–H groups in total. The molecular weight excluding hydrogens is 583 g/mol. The van der Waals surface area contributed by atoms with Gasteiger partial charge in [0.05, 0.1) is 25.0 Å². The van der Waals surface area contributed by atoms with E-state index in [0.29, 0.717) is 22.4 Å². The molecule has 0 spiro atoms. The number of ether oxygens (including phenoxy) is 3. The Labute approximate surface area is 241 Å². The van der Waals surface area contributed by atoms with E-state index in [1.54, 1.807) is 26.0 Å². The number of aryl methyl sites for hydroxylation is 1. The molecule has 3 unspecified atom stereocenters. The van der Waals surface area contributed by atoms with Crippen LogP contribution in [-0.2, 0) is 44.6 Å². The molecule has 42 heavy (non-hydrogen) atoms. The summed E-state index contributed by atoms with van der Waals surface area (Å²) in [5.74, 6) is -2.45. The predicted octanol–water partition coefficient (Wildman–Crippen LogP) is 3.75. The van der Waals surface area contributed by atoms with Gasteiger partial charge in [-0.2, -0.15) is 21.6 Å². The molecule has 14 heteroatoms. The van der Waals surface area contributed by atoms with Crippen LogP contribution in [0, 0.1) is 18.8 Å². The van der Waals surface area contributed by atoms with Gasteiger partial charge in [0.2, 0.25) is 5.91 Å². The van der Waals surface area contributed by atoms with Crippen LogP contribution in [0.3, 0.4) is 0 Å². The molecule has 0 aromatic heterocycles. The summed E-state index contributed by atoms with van der Waals surface area (Å²) in [4.78, 5) is 39.5. The van der Waals surface area contributed by atoms with Crippen molar-refractivity contribution in [1.29, 1.82) is 0 Å². The molecule has 230 valence electrons. The Morgan fingerprint density at radius 2 is 1.88 bits per heavy atom. The van der Waals surface area contributed by atoms with Crippen LogP contribution in [0.1, 0.15) is 31.4 Å². The van der Waals surface area contributed by atoms with Crippen LogP contribution >= 0.6 is 0 Å². The minimum Gasteiger partial charge on any atom is -0.489 e. The lowest BCUT2D eigenvalue weighted by Crippen LogP contribution is -2.64. The summed E-state index contributed by atoms with van der Waals surface area (Å²) in [5.41, 5.74) is -3.92. The number of fused-ring (bicyclic) bond motifs is 1. The number of halogens is 3. The number of hydrogen-bond acceptors (Lipinski definition) is 9. The van der Waals surface area contributed by atoms with Gasteiger partial charge in [0.1, 0.15) is 30.8 Å². The Morgan fingerprint density at radius 3 is 2.50 bits per heavy atom. The van der Waals surface area contributed by atoms with Crippen molar-refractivity contribution >= 4 is 28.0 Å². The molecule has 0 saturated carbocycles. The summed E-state index contributed by atoms with van der Waals surface area (Å²) in [6, 6.07) is 4.26. The Bertz CT molecular complexity index is 1390. The van der Waals surface area contributed by atoms with E-state index in [1.807, 2.05) is 6.92 Å². The van der Waals surface area contributed by atoms with Crippen LogP contribution in [-0.4, -0.2) is 68.6 Å². The van der Waals surface area contributed by atoms with Gasteiger partial charge < -0.3 is 19.1 Å². The van der Waals surface area contributed by atoms with E-state index in [2.05, 4.69) is 17.3 Å². The second-order valence-corrected chi connectivity index (χ2v) is 11.4. The van der Waals surface area contributed by atoms with Crippen LogP contribution in [0.2, 0.25) is 0 Å². The second-order valence-electron chi connectivity index (χ2n) is 9.82. The molecular formula is C28H32F3NO9S. The molecule has 0 aliphatic carbocycles. The maximum absolute atomic E-state index is 13.2. The molecule has 3 rings (SSSR count). The van der Waals surface area contributed by atoms with Gasteiger partial charge in [0.15, 0.2) is 0 Å². The Hall–Kier alpha value is -3.65. The third kappa shape index (κ3) is 6.86. The zero-order valence-electron chi connectivity index (χ0n) is 23.3. The molecule has 4 atom stereocenters. The summed E-state index contributed by atoms with van der Waals surface area (Å²) in [6.07, 6.45) is 1.83. The highest BCUT2D eigenvalue weighted by Crippen LogP contribution is 2.48. The first-order valence-electron chi connectivity index (χ1n) is 13.0. The van der Waals surface area contributed by atoms with Gasteiger partial charge >= 0.3 is 27.6 Å². The number of nitrogens with zero attached hydrogens (tertiary/aromatic N) is 1. The number of alkyl halides is 3. The van der Waals surface area contributed by atoms with Gasteiger partial charge in [-0.25, -0.2) is 4.79 Å². The number of carbonyl (C=O) groups excluding carboxylic acids is 3. The summed E-state index contributed by atoms with van der Waals surface area (Å²) in [5, 5.41) is 0. The molecule has 0 radical (unpaired) electrons. The van der Waals surface area contributed by atoms with Crippen molar-refractivity contribution < 1.29 is 54.4 Å². The number of esters is 2. The maximum Gasteiger partial charge on any atom is 0.523 e. The molecule has 10 nitrogen and oxygen atoms in total. The van der Waals surface area contributed by atoms with Gasteiger partial charge in [-0.3, -0.25) is 13.8 Å². The molecule has 1 aromatic carbocycles. The third-order valence-electron chi connectivity index (χ3n) is 7.00. The molecule has 1 saturated heterocycles. The summed E-state index contributed by atoms with van der Waals surface area (Å²) in [6.45, 7) is 11.2. The van der Waals surface area contributed by atoms with E-state index < -0.39 is 58.1 Å². The first-order valence-corrected chi connectivity index (χ1v) is 14.4. The Morgan fingerprint density at radius 1 is 1.19 bits per heavy atom. The topological polar surface area (TPSA) is 126 Å². The molecule has 0 bridgehead atoms. The largest absolute Gasteiger partial charge is 0.523 e. The summed E-state index contributed by atoms with van der Waals surface area (Å²) >= 11 is 0. The fourth-order valence-electron chi connectivity index (χ4n) is 4.91. The van der Waals surface area contributed by atoms with E-state index in [-0.39, 0.29) is 37.7 Å². The quantitative estimate of drug-likeness (QED) is 0.101. The summed E-state index contributed by atoms with van der Waals surface area (Å²) < 4.78 is 80.6. The first-order chi connectivity index (χ1) is 19.6. The van der Waals surface area contributed by atoms with Gasteiger partial charge in [0.25, 0.3) is 0 Å². The minimum atomic E-state index is -5.72. The lowest BCUT2D eigenvalue weighted by atomic mass is 9.77. The van der Waals surface area contributed by atoms with E-state index in [4.69, 9.17) is 14.2 Å². The van der Waals surface area contributed by atoms with E-state index >= 15 is 0 Å². The van der Waals surface area contributed by atoms with Crippen LogP contribution in [0.15, 0.2) is 54.8 Å². The average Bonchev–Trinajstić information content (AvgIpc) is 3.14. The van der Waals surface area contributed by atoms with Crippen molar-refractivity contribution in [2.45, 2.75) is 51.3 Å². The maximum atomic E-state index is 13.2. The van der Waals surface area contributed by atoms with Crippen LogP contribution in [0.25, 0.3) is 0 Å². The SMILES string of the molecule is C=CCOC(=O)C1=C(COc2cc(CCOS(=O)(=O)C(F)(F)F)ccc2C)C(C)[C@@H]2C(C(C)OC(=O)CC=C)C(=O)N12. The lowest BCUT2D eigenvalue weighted by molar-refractivity contribution is -0.172. The standard InChI is InChI=1S/C28H32F3NO9S/c1-6-8-22(33)41-18(5)23-24-17(4)20(25(32(24)26(23)34)27(35)38-12-7-2)15-39-21-14-19(10-9-16(21)3)11-13-40-42(36,37)28(29,30)31/h6-7,9-10,14,17-18,23-24H,1-2,8,11-13,15H2,3-5H3/t17?,18?,23?,24-/m1/s1. The number of benzene rings is 1. The number of rotatable bonds is 14. The average molecular weight is 616 g/mol. The fourth-order valence-corrected chi connectivity index (χ4v) is 5.34. The zero-order chi connectivity index (χ0) is 31.4. The molecule has 2 aliphatic rings. The molecule has 1 fully saturated rings. The van der Waals surface area contributed by atoms with Crippen molar-refractivity contribution in [3.63, 3.8) is 0 Å². The van der Waals surface area contributed by atoms with Crippen molar-refractivity contribution in [1.82, 2.24) is 4.90 Å². The smallest absolute Gasteiger partial charge is 0.489 e. The first kappa shape index (κ1) is 32.9. The van der Waals surface area contributed by atoms with Crippen LogP contribution in [0.4, 0.5) is 13.2 Å². The lowest BCUT2D eigenvalue weighted by Gasteiger charge is -2.47. The van der Waals surface area contributed by atoms with E-state index in [1.165, 1.54) is 23.1 Å². The van der Waals surface area contributed by atoms with Crippen molar-refractivity contribution in [2.24, 2.45) is 11.8 Å². The third-order valence-corrected chi connectivity index (χ3v) is 8.05. The van der Waals surface area contributed by atoms with Crippen molar-refractivity contribution in [3.8, 4) is 5.75 Å². The monoisotopic (exact) mass is 615 g/mol. The molecule has 2 aliphatic heterocycles. The summed E-state index contributed by atoms with van der Waals surface area (Å²) in [7, 11) is -5.72. The predicted molar refractivity (Wildman–Crippen MR) is 143 cm³/mol. The van der Waals surface area contributed by atoms with Gasteiger partial charge in [-0.05, 0) is 37.5 Å². The molecule has 1 amide bonds. The van der Waals surface area contributed by atoms with Gasteiger partial charge in [0, 0.05) is 11.5 Å². The number of hydrogen-bond donors (Lipinski definition) is 0. The van der Waals surface area contributed by atoms with Crippen LogP contribution < -0.4 is 4.74 Å². The van der Waals surface area contributed by atoms with E-state index in [0.717, 1.165) is 0 Å². The van der Waals surface area contributed by atoms with Gasteiger partial charge in [-0.1, -0.05) is 37.8 Å².